The van der Waals surface area contributed by atoms with Gasteiger partial charge in [-0.2, -0.15) is 15.0 Å². The van der Waals surface area contributed by atoms with E-state index in [4.69, 9.17) is 23.1 Å². The highest BCUT2D eigenvalue weighted by molar-refractivity contribution is 6.30. The smallest absolute Gasteiger partial charge is 0.229 e. The van der Waals surface area contributed by atoms with Gasteiger partial charge in [0.15, 0.2) is 0 Å². The average Bonchev–Trinajstić information content (AvgIpc) is 2.86. The highest BCUT2D eigenvalue weighted by Crippen LogP contribution is 2.36. The van der Waals surface area contributed by atoms with Crippen LogP contribution in [-0.2, 0) is 0 Å². The number of benzene rings is 1. The van der Waals surface area contributed by atoms with Gasteiger partial charge in [0.05, 0.1) is 0 Å². The van der Waals surface area contributed by atoms with E-state index in [-0.39, 0.29) is 11.9 Å². The molecule has 2 atom stereocenters. The number of nitrogens with one attached hydrogen (secondary N) is 1. The second-order valence-corrected chi connectivity index (χ2v) is 5.72. The third-order valence-electron chi connectivity index (χ3n) is 3.76. The van der Waals surface area contributed by atoms with E-state index in [1.807, 2.05) is 18.2 Å². The van der Waals surface area contributed by atoms with E-state index >= 15 is 0 Å². The molecule has 1 aromatic carbocycles. The number of anilines is 3. The molecule has 21 heavy (non-hydrogen) atoms. The fourth-order valence-electron chi connectivity index (χ4n) is 2.83. The first kappa shape index (κ1) is 13.9. The van der Waals surface area contributed by atoms with Crippen LogP contribution in [-0.4, -0.2) is 21.0 Å². The van der Waals surface area contributed by atoms with E-state index in [1.54, 1.807) is 0 Å². The Hall–Kier alpha value is -2.08. The standard InChI is InChI=1S/C14H17ClN6/c15-10-3-1-2-8(6-10)9-4-5-11(7-9)18-14-20-12(16)19-13(17)21-14/h1-3,6,9,11H,4-5,7H2,(H5,16,17,18,19,20,21). The molecule has 110 valence electrons. The summed E-state index contributed by atoms with van der Waals surface area (Å²) >= 11 is 6.05. The molecular weight excluding hydrogens is 288 g/mol. The minimum Gasteiger partial charge on any atom is -0.368 e. The molecule has 1 heterocycles. The van der Waals surface area contributed by atoms with Gasteiger partial charge in [0.2, 0.25) is 17.8 Å². The summed E-state index contributed by atoms with van der Waals surface area (Å²) in [6.45, 7) is 0. The van der Waals surface area contributed by atoms with Gasteiger partial charge in [-0.25, -0.2) is 0 Å². The second-order valence-electron chi connectivity index (χ2n) is 5.28. The number of nitrogens with two attached hydrogens (primary N) is 2. The number of rotatable bonds is 3. The van der Waals surface area contributed by atoms with Crippen molar-refractivity contribution in [2.75, 3.05) is 16.8 Å². The van der Waals surface area contributed by atoms with Gasteiger partial charge in [-0.05, 0) is 42.9 Å². The van der Waals surface area contributed by atoms with Gasteiger partial charge in [0.25, 0.3) is 0 Å². The maximum atomic E-state index is 6.05. The van der Waals surface area contributed by atoms with Crippen LogP contribution in [0.25, 0.3) is 0 Å². The lowest BCUT2D eigenvalue weighted by atomic mass is 9.97. The summed E-state index contributed by atoms with van der Waals surface area (Å²) in [6.07, 6.45) is 3.16. The van der Waals surface area contributed by atoms with Crippen molar-refractivity contribution in [1.29, 1.82) is 0 Å². The van der Waals surface area contributed by atoms with Crippen LogP contribution < -0.4 is 16.8 Å². The highest BCUT2D eigenvalue weighted by Gasteiger charge is 2.26. The Balaban J connectivity index is 1.67. The average molecular weight is 305 g/mol. The first-order chi connectivity index (χ1) is 10.1. The van der Waals surface area contributed by atoms with Crippen molar-refractivity contribution < 1.29 is 0 Å². The number of halogens is 1. The minimum absolute atomic E-state index is 0.134. The largest absolute Gasteiger partial charge is 0.368 e. The molecule has 1 aromatic heterocycles. The zero-order valence-electron chi connectivity index (χ0n) is 11.5. The Kier molecular flexibility index (Phi) is 3.79. The zero-order valence-corrected chi connectivity index (χ0v) is 12.2. The molecule has 5 N–H and O–H groups in total. The highest BCUT2D eigenvalue weighted by atomic mass is 35.5. The molecule has 1 saturated carbocycles. The van der Waals surface area contributed by atoms with Crippen molar-refractivity contribution in [3.63, 3.8) is 0 Å². The SMILES string of the molecule is Nc1nc(N)nc(NC2CCC(c3cccc(Cl)c3)C2)n1. The fraction of sp³-hybridized carbons (Fsp3) is 0.357. The zero-order chi connectivity index (χ0) is 14.8. The van der Waals surface area contributed by atoms with Crippen LogP contribution in [0.4, 0.5) is 17.8 Å². The third kappa shape index (κ3) is 3.33. The Morgan fingerprint density at radius 3 is 2.57 bits per heavy atom. The number of hydrogen-bond acceptors (Lipinski definition) is 6. The lowest BCUT2D eigenvalue weighted by Gasteiger charge is -2.14. The van der Waals surface area contributed by atoms with E-state index < -0.39 is 0 Å². The minimum atomic E-state index is 0.134. The van der Waals surface area contributed by atoms with Gasteiger partial charge < -0.3 is 16.8 Å². The van der Waals surface area contributed by atoms with E-state index in [0.29, 0.717) is 17.9 Å². The normalized spacial score (nSPS) is 21.4. The van der Waals surface area contributed by atoms with Crippen LogP contribution in [0.1, 0.15) is 30.7 Å². The molecule has 0 aliphatic heterocycles. The molecule has 1 aliphatic carbocycles. The molecule has 0 spiro atoms. The van der Waals surface area contributed by atoms with Gasteiger partial charge in [-0.1, -0.05) is 23.7 Å². The summed E-state index contributed by atoms with van der Waals surface area (Å²) in [5, 5.41) is 4.06. The van der Waals surface area contributed by atoms with Gasteiger partial charge in [-0.3, -0.25) is 0 Å². The molecule has 6 nitrogen and oxygen atoms in total. The van der Waals surface area contributed by atoms with Crippen LogP contribution in [0, 0.1) is 0 Å². The third-order valence-corrected chi connectivity index (χ3v) is 3.99. The molecular formula is C14H17ClN6. The van der Waals surface area contributed by atoms with Crippen LogP contribution in [0.15, 0.2) is 24.3 Å². The summed E-state index contributed by atoms with van der Waals surface area (Å²) in [5.74, 6) is 1.21. The van der Waals surface area contributed by atoms with Crippen molar-refractivity contribution in [1.82, 2.24) is 15.0 Å². The monoisotopic (exact) mass is 304 g/mol. The maximum Gasteiger partial charge on any atom is 0.229 e. The molecule has 1 aliphatic rings. The molecule has 0 amide bonds. The molecule has 2 unspecified atom stereocenters. The van der Waals surface area contributed by atoms with E-state index in [1.165, 1.54) is 5.56 Å². The number of nitrogens with zero attached hydrogens (tertiary/aromatic N) is 3. The van der Waals surface area contributed by atoms with Crippen LogP contribution in [0.3, 0.4) is 0 Å². The lowest BCUT2D eigenvalue weighted by molar-refractivity contribution is 0.698. The van der Waals surface area contributed by atoms with Crippen molar-refractivity contribution in [3.05, 3.63) is 34.9 Å². The van der Waals surface area contributed by atoms with Gasteiger partial charge >= 0.3 is 0 Å². The van der Waals surface area contributed by atoms with Crippen molar-refractivity contribution in [2.45, 2.75) is 31.2 Å². The summed E-state index contributed by atoms with van der Waals surface area (Å²) in [4.78, 5) is 11.9. The topological polar surface area (TPSA) is 103 Å². The van der Waals surface area contributed by atoms with Crippen molar-refractivity contribution >= 4 is 29.4 Å². The second kappa shape index (κ2) is 5.73. The van der Waals surface area contributed by atoms with Crippen LogP contribution in [0.5, 0.6) is 0 Å². The lowest BCUT2D eigenvalue weighted by Crippen LogP contribution is -2.18. The summed E-state index contributed by atoms with van der Waals surface area (Å²) in [5.41, 5.74) is 12.4. The number of hydrogen-bond donors (Lipinski definition) is 3. The van der Waals surface area contributed by atoms with Crippen LogP contribution in [0.2, 0.25) is 5.02 Å². The summed E-state index contributed by atoms with van der Waals surface area (Å²) in [7, 11) is 0. The first-order valence-corrected chi connectivity index (χ1v) is 7.27. The van der Waals surface area contributed by atoms with Crippen molar-refractivity contribution in [3.8, 4) is 0 Å². The molecule has 0 saturated heterocycles. The Morgan fingerprint density at radius 1 is 1.10 bits per heavy atom. The maximum absolute atomic E-state index is 6.05. The van der Waals surface area contributed by atoms with Crippen molar-refractivity contribution in [2.24, 2.45) is 0 Å². The predicted molar refractivity (Wildman–Crippen MR) is 84.1 cm³/mol. The van der Waals surface area contributed by atoms with Gasteiger partial charge in [0.1, 0.15) is 0 Å². The Labute approximate surface area is 127 Å². The molecule has 3 rings (SSSR count). The summed E-state index contributed by atoms with van der Waals surface area (Å²) in [6, 6.07) is 8.35. The predicted octanol–water partition coefficient (Wildman–Crippen LogP) is 2.44. The van der Waals surface area contributed by atoms with Crippen LogP contribution >= 0.6 is 11.6 Å². The fourth-order valence-corrected chi connectivity index (χ4v) is 3.03. The van der Waals surface area contributed by atoms with E-state index in [9.17, 15) is 0 Å². The summed E-state index contributed by atoms with van der Waals surface area (Å²) < 4.78 is 0. The Bertz CT molecular complexity index is 627. The molecule has 2 aromatic rings. The quantitative estimate of drug-likeness (QED) is 0.805. The first-order valence-electron chi connectivity index (χ1n) is 6.89. The number of aromatic nitrogens is 3. The van der Waals surface area contributed by atoms with Gasteiger partial charge in [-0.15, -0.1) is 0 Å². The molecule has 1 fully saturated rings. The Morgan fingerprint density at radius 2 is 1.86 bits per heavy atom. The van der Waals surface area contributed by atoms with E-state index in [0.717, 1.165) is 24.3 Å². The van der Waals surface area contributed by atoms with Gasteiger partial charge in [0, 0.05) is 11.1 Å². The molecule has 7 heteroatoms. The molecule has 0 bridgehead atoms. The number of nitrogen functional groups attached to an aromatic ring is 2. The van der Waals surface area contributed by atoms with E-state index in [2.05, 4.69) is 26.3 Å². The molecule has 0 radical (unpaired) electrons.